The van der Waals surface area contributed by atoms with E-state index < -0.39 is 28.5 Å². The Balaban J connectivity index is 1.95. The Labute approximate surface area is 150 Å². The number of nitro benzene ring substituents is 1. The Morgan fingerprint density at radius 3 is 2.65 bits per heavy atom. The van der Waals surface area contributed by atoms with Crippen LogP contribution in [0.5, 0.6) is 0 Å². The topological polar surface area (TPSA) is 66.6 Å². The zero-order chi connectivity index (χ0) is 19.1. The number of rotatable bonds is 3. The van der Waals surface area contributed by atoms with Crippen molar-refractivity contribution in [2.45, 2.75) is 57.3 Å². The van der Waals surface area contributed by atoms with Crippen LogP contribution >= 0.6 is 0 Å². The Morgan fingerprint density at radius 2 is 2.00 bits per heavy atom. The predicted octanol–water partition coefficient (Wildman–Crippen LogP) is 4.38. The Kier molecular flexibility index (Phi) is 5.14. The summed E-state index contributed by atoms with van der Waals surface area (Å²) >= 11 is 0. The predicted molar refractivity (Wildman–Crippen MR) is 91.0 cm³/mol. The number of anilines is 1. The third-order valence-corrected chi connectivity index (χ3v) is 5.73. The van der Waals surface area contributed by atoms with Gasteiger partial charge in [-0.1, -0.05) is 6.92 Å². The molecule has 2 fully saturated rings. The second kappa shape index (κ2) is 7.06. The molecular weight excluding hydrogens is 349 g/mol. The van der Waals surface area contributed by atoms with Crippen molar-refractivity contribution in [1.29, 1.82) is 0 Å². The lowest BCUT2D eigenvalue weighted by atomic mass is 9.76. The lowest BCUT2D eigenvalue weighted by Gasteiger charge is -2.40. The fraction of sp³-hybridized carbons (Fsp3) is 0.667. The average Bonchev–Trinajstić information content (AvgIpc) is 3.04. The highest BCUT2D eigenvalue weighted by molar-refractivity contribution is 5.65. The first-order valence-corrected chi connectivity index (χ1v) is 8.99. The summed E-state index contributed by atoms with van der Waals surface area (Å²) in [4.78, 5) is 12.5. The van der Waals surface area contributed by atoms with Gasteiger partial charge >= 0.3 is 6.18 Å². The third kappa shape index (κ3) is 3.65. The van der Waals surface area contributed by atoms with Gasteiger partial charge < -0.3 is 10.0 Å². The average molecular weight is 372 g/mol. The van der Waals surface area contributed by atoms with Crippen LogP contribution in [0.25, 0.3) is 0 Å². The number of nitrogens with zero attached hydrogens (tertiary/aromatic N) is 2. The van der Waals surface area contributed by atoms with Crippen molar-refractivity contribution in [2.24, 2.45) is 11.8 Å². The first-order valence-electron chi connectivity index (χ1n) is 8.99. The summed E-state index contributed by atoms with van der Waals surface area (Å²) in [6, 6.07) is 2.64. The minimum absolute atomic E-state index is 0.0110. The molecule has 4 atom stereocenters. The van der Waals surface area contributed by atoms with Crippen LogP contribution < -0.4 is 4.90 Å². The van der Waals surface area contributed by atoms with Crippen LogP contribution in [0, 0.1) is 22.0 Å². The van der Waals surface area contributed by atoms with E-state index in [1.165, 1.54) is 6.07 Å². The molecule has 144 valence electrons. The molecule has 2 aliphatic rings. The van der Waals surface area contributed by atoms with Crippen molar-refractivity contribution in [3.8, 4) is 0 Å². The van der Waals surface area contributed by atoms with Crippen molar-refractivity contribution in [3.63, 3.8) is 0 Å². The standard InChI is InChI=1S/C18H23F3N2O3/c1-11-4-7-17(24)13(9-11)14-3-2-8-22(14)15-6-5-12(18(19,20)21)10-16(15)23(25)26/h5-6,10-11,13-14,17,24H,2-4,7-9H2,1H3/t11-,13+,14+,17+/m1/s1. The molecule has 0 amide bonds. The first-order chi connectivity index (χ1) is 12.2. The summed E-state index contributed by atoms with van der Waals surface area (Å²) in [5.41, 5.74) is -1.32. The van der Waals surface area contributed by atoms with Crippen LogP contribution in [-0.2, 0) is 6.18 Å². The molecule has 1 saturated heterocycles. The van der Waals surface area contributed by atoms with E-state index in [1.807, 2.05) is 4.90 Å². The molecule has 1 aliphatic heterocycles. The number of aliphatic hydroxyl groups is 1. The molecule has 1 aliphatic carbocycles. The number of aliphatic hydroxyl groups excluding tert-OH is 1. The quantitative estimate of drug-likeness (QED) is 0.632. The van der Waals surface area contributed by atoms with Crippen molar-refractivity contribution < 1.29 is 23.2 Å². The lowest BCUT2D eigenvalue weighted by Crippen LogP contribution is -2.44. The molecule has 0 radical (unpaired) electrons. The van der Waals surface area contributed by atoms with E-state index >= 15 is 0 Å². The van der Waals surface area contributed by atoms with Gasteiger partial charge in [0.25, 0.3) is 5.69 Å². The van der Waals surface area contributed by atoms with Crippen molar-refractivity contribution in [1.82, 2.24) is 0 Å². The molecule has 1 heterocycles. The Morgan fingerprint density at radius 1 is 1.27 bits per heavy atom. The second-order valence-corrected chi connectivity index (χ2v) is 7.51. The molecule has 3 rings (SSSR count). The van der Waals surface area contributed by atoms with Crippen molar-refractivity contribution in [3.05, 3.63) is 33.9 Å². The van der Waals surface area contributed by atoms with Crippen LogP contribution in [0.1, 0.15) is 44.6 Å². The molecule has 0 aromatic heterocycles. The van der Waals surface area contributed by atoms with Crippen LogP contribution in [0.15, 0.2) is 18.2 Å². The zero-order valence-corrected chi connectivity index (χ0v) is 14.6. The fourth-order valence-electron chi connectivity index (χ4n) is 4.45. The Bertz CT molecular complexity index is 680. The van der Waals surface area contributed by atoms with E-state index in [0.717, 1.165) is 31.7 Å². The summed E-state index contributed by atoms with van der Waals surface area (Å²) in [5, 5.41) is 21.9. The van der Waals surface area contributed by atoms with Gasteiger partial charge in [0, 0.05) is 24.6 Å². The molecule has 0 spiro atoms. The summed E-state index contributed by atoms with van der Waals surface area (Å²) < 4.78 is 38.8. The molecule has 5 nitrogen and oxygen atoms in total. The highest BCUT2D eigenvalue weighted by Gasteiger charge is 2.41. The van der Waals surface area contributed by atoms with E-state index in [4.69, 9.17) is 0 Å². The van der Waals surface area contributed by atoms with Gasteiger partial charge in [-0.25, -0.2) is 0 Å². The third-order valence-electron chi connectivity index (χ3n) is 5.73. The molecule has 1 aromatic rings. The number of alkyl halides is 3. The number of benzene rings is 1. The summed E-state index contributed by atoms with van der Waals surface area (Å²) in [6.45, 7) is 2.67. The first kappa shape index (κ1) is 18.9. The monoisotopic (exact) mass is 372 g/mol. The van der Waals surface area contributed by atoms with Crippen molar-refractivity contribution >= 4 is 11.4 Å². The minimum atomic E-state index is -4.62. The van der Waals surface area contributed by atoms with E-state index in [1.54, 1.807) is 0 Å². The molecule has 1 aromatic carbocycles. The highest BCUT2D eigenvalue weighted by Crippen LogP contribution is 2.43. The van der Waals surface area contributed by atoms with Crippen LogP contribution in [-0.4, -0.2) is 28.7 Å². The molecule has 1 saturated carbocycles. The van der Waals surface area contributed by atoms with Crippen molar-refractivity contribution in [2.75, 3.05) is 11.4 Å². The minimum Gasteiger partial charge on any atom is -0.393 e. The van der Waals surface area contributed by atoms with Crippen LogP contribution in [0.2, 0.25) is 0 Å². The maximum atomic E-state index is 12.9. The maximum absolute atomic E-state index is 12.9. The molecule has 1 N–H and O–H groups in total. The lowest BCUT2D eigenvalue weighted by molar-refractivity contribution is -0.384. The van der Waals surface area contributed by atoms with Gasteiger partial charge in [0.2, 0.25) is 0 Å². The number of hydrogen-bond donors (Lipinski definition) is 1. The van der Waals surface area contributed by atoms with Gasteiger partial charge in [-0.3, -0.25) is 10.1 Å². The van der Waals surface area contributed by atoms with Crippen LogP contribution in [0.3, 0.4) is 0 Å². The van der Waals surface area contributed by atoms with E-state index in [9.17, 15) is 28.4 Å². The molecule has 0 bridgehead atoms. The molecule has 8 heteroatoms. The smallest absolute Gasteiger partial charge is 0.393 e. The molecular formula is C18H23F3N2O3. The normalized spacial score (nSPS) is 29.8. The van der Waals surface area contributed by atoms with E-state index in [2.05, 4.69) is 6.92 Å². The number of hydrogen-bond acceptors (Lipinski definition) is 4. The van der Waals surface area contributed by atoms with Gasteiger partial charge in [-0.2, -0.15) is 13.2 Å². The highest BCUT2D eigenvalue weighted by atomic mass is 19.4. The summed E-state index contributed by atoms with van der Waals surface area (Å²) in [6.07, 6.45) is -1.02. The van der Waals surface area contributed by atoms with E-state index in [0.29, 0.717) is 24.9 Å². The van der Waals surface area contributed by atoms with Gasteiger partial charge in [-0.05, 0) is 50.2 Å². The van der Waals surface area contributed by atoms with E-state index in [-0.39, 0.29) is 17.6 Å². The fourth-order valence-corrected chi connectivity index (χ4v) is 4.45. The molecule has 26 heavy (non-hydrogen) atoms. The summed E-state index contributed by atoms with van der Waals surface area (Å²) in [5.74, 6) is 0.455. The van der Waals surface area contributed by atoms with Crippen LogP contribution in [0.4, 0.5) is 24.5 Å². The SMILES string of the molecule is C[C@@H]1CC[C@H](O)[C@H]([C@@H]2CCCN2c2ccc(C(F)(F)F)cc2[N+](=O)[O-])C1. The van der Waals surface area contributed by atoms with Gasteiger partial charge in [0.15, 0.2) is 0 Å². The second-order valence-electron chi connectivity index (χ2n) is 7.51. The Hall–Kier alpha value is -1.83. The molecule has 0 unspecified atom stereocenters. The number of halogens is 3. The maximum Gasteiger partial charge on any atom is 0.416 e. The summed E-state index contributed by atoms with van der Waals surface area (Å²) in [7, 11) is 0. The largest absolute Gasteiger partial charge is 0.416 e. The number of nitro groups is 1. The van der Waals surface area contributed by atoms with Gasteiger partial charge in [0.05, 0.1) is 16.6 Å². The van der Waals surface area contributed by atoms with Gasteiger partial charge in [0.1, 0.15) is 5.69 Å². The van der Waals surface area contributed by atoms with Gasteiger partial charge in [-0.15, -0.1) is 0 Å². The zero-order valence-electron chi connectivity index (χ0n) is 14.6.